The van der Waals surface area contributed by atoms with Crippen LogP contribution in [-0.2, 0) is 6.54 Å². The number of rotatable bonds is 4. The first-order valence-corrected chi connectivity index (χ1v) is 6.35. The molecule has 0 aliphatic rings. The average Bonchev–Trinajstić information content (AvgIpc) is 2.30. The van der Waals surface area contributed by atoms with E-state index in [1.807, 2.05) is 13.8 Å². The Labute approximate surface area is 106 Å². The lowest BCUT2D eigenvalue weighted by molar-refractivity contribution is -0.901. The van der Waals surface area contributed by atoms with Gasteiger partial charge in [-0.3, -0.25) is 0 Å². The molecule has 0 unspecified atom stereocenters. The Hall–Kier alpha value is -0.860. The number of nitrogens with zero attached hydrogens (tertiary/aromatic N) is 1. The molecule has 17 heavy (non-hydrogen) atoms. The molecule has 2 nitrogen and oxygen atoms in total. The molecule has 0 heterocycles. The van der Waals surface area contributed by atoms with Gasteiger partial charge in [-0.1, -0.05) is 50.1 Å². The first kappa shape index (κ1) is 16.1. The molecule has 0 fully saturated rings. The van der Waals surface area contributed by atoms with Crippen molar-refractivity contribution in [3.63, 3.8) is 0 Å². The largest absolute Gasteiger partial charge is 0.854 e. The highest BCUT2D eigenvalue weighted by Gasteiger charge is 2.11. The van der Waals surface area contributed by atoms with E-state index in [4.69, 9.17) is 0 Å². The van der Waals surface area contributed by atoms with Gasteiger partial charge in [0.2, 0.25) is 0 Å². The van der Waals surface area contributed by atoms with Gasteiger partial charge in [0, 0.05) is 5.56 Å². The van der Waals surface area contributed by atoms with Gasteiger partial charge in [-0.15, -0.1) is 6.61 Å². The zero-order valence-corrected chi connectivity index (χ0v) is 11.9. The third-order valence-electron chi connectivity index (χ3n) is 2.64. The maximum atomic E-state index is 9.63. The first-order valence-electron chi connectivity index (χ1n) is 6.35. The second kappa shape index (κ2) is 8.26. The van der Waals surface area contributed by atoms with Crippen LogP contribution in [0.1, 0.15) is 26.3 Å². The average molecular weight is 237 g/mol. The van der Waals surface area contributed by atoms with E-state index in [0.29, 0.717) is 5.92 Å². The molecule has 0 atom stereocenters. The van der Waals surface area contributed by atoms with E-state index in [2.05, 4.69) is 51.4 Å². The van der Waals surface area contributed by atoms with Gasteiger partial charge in [0.1, 0.15) is 6.54 Å². The molecule has 0 aliphatic carbocycles. The third kappa shape index (κ3) is 8.90. The Kier molecular flexibility index (Phi) is 7.85. The van der Waals surface area contributed by atoms with Crippen LogP contribution >= 0.6 is 0 Å². The molecule has 1 rings (SSSR count). The van der Waals surface area contributed by atoms with Crippen LogP contribution in [0.5, 0.6) is 0 Å². The topological polar surface area (TPSA) is 23.1 Å². The van der Waals surface area contributed by atoms with Crippen molar-refractivity contribution in [3.05, 3.63) is 35.9 Å². The van der Waals surface area contributed by atoms with Crippen LogP contribution in [0.3, 0.4) is 0 Å². The summed E-state index contributed by atoms with van der Waals surface area (Å²) in [6, 6.07) is 10.6. The van der Waals surface area contributed by atoms with Gasteiger partial charge in [-0.05, 0) is 6.92 Å². The van der Waals surface area contributed by atoms with Crippen LogP contribution in [0.2, 0.25) is 0 Å². The molecule has 0 bridgehead atoms. The second-order valence-corrected chi connectivity index (χ2v) is 5.46. The highest BCUT2D eigenvalue weighted by Crippen LogP contribution is 2.07. The number of quaternary nitrogens is 1. The Morgan fingerprint density at radius 3 is 1.94 bits per heavy atom. The van der Waals surface area contributed by atoms with Crippen LogP contribution in [0.25, 0.3) is 0 Å². The molecular formula is C15H27NO. The van der Waals surface area contributed by atoms with Gasteiger partial charge in [-0.25, -0.2) is 0 Å². The normalized spacial score (nSPS) is 11.0. The molecule has 0 amide bonds. The Morgan fingerprint density at radius 1 is 1.12 bits per heavy atom. The van der Waals surface area contributed by atoms with Gasteiger partial charge in [0.15, 0.2) is 0 Å². The quantitative estimate of drug-likeness (QED) is 0.737. The summed E-state index contributed by atoms with van der Waals surface area (Å²) in [5.41, 5.74) is 1.42. The van der Waals surface area contributed by atoms with Gasteiger partial charge >= 0.3 is 0 Å². The molecule has 2 heteroatoms. The minimum atomic E-state index is 0.0556. The molecule has 0 N–H and O–H groups in total. The van der Waals surface area contributed by atoms with Crippen molar-refractivity contribution in [1.82, 2.24) is 0 Å². The summed E-state index contributed by atoms with van der Waals surface area (Å²) in [6.07, 6.45) is 0. The van der Waals surface area contributed by atoms with Crippen molar-refractivity contribution in [2.24, 2.45) is 5.92 Å². The van der Waals surface area contributed by atoms with Gasteiger partial charge in [-0.2, -0.15) is 0 Å². The fourth-order valence-corrected chi connectivity index (χ4v) is 1.19. The van der Waals surface area contributed by atoms with Crippen LogP contribution in [0.15, 0.2) is 30.3 Å². The molecular weight excluding hydrogens is 210 g/mol. The lowest BCUT2D eigenvalue weighted by atomic mass is 10.2. The van der Waals surface area contributed by atoms with Crippen molar-refractivity contribution in [2.45, 2.75) is 27.3 Å². The number of hydrogen-bond acceptors (Lipinski definition) is 1. The van der Waals surface area contributed by atoms with Gasteiger partial charge in [0.05, 0.1) is 20.6 Å². The molecule has 0 spiro atoms. The van der Waals surface area contributed by atoms with Crippen LogP contribution in [0.4, 0.5) is 0 Å². The molecule has 1 aromatic rings. The van der Waals surface area contributed by atoms with E-state index < -0.39 is 0 Å². The summed E-state index contributed by atoms with van der Waals surface area (Å²) in [5, 5.41) is 9.63. The predicted molar refractivity (Wildman–Crippen MR) is 72.5 cm³/mol. The van der Waals surface area contributed by atoms with Crippen LogP contribution in [-0.4, -0.2) is 31.7 Å². The first-order chi connectivity index (χ1) is 7.91. The SMILES string of the molecule is CC(C)C[O-].CC[N+](C)(C)Cc1ccccc1. The van der Waals surface area contributed by atoms with Crippen molar-refractivity contribution in [2.75, 3.05) is 27.2 Å². The standard InChI is InChI=1S/C11H18N.C4H9O/c1-4-12(2,3)10-11-8-6-5-7-9-11;1-4(2)3-5/h5-9H,4,10H2,1-3H3;4H,3H2,1-2H3/q+1;-1. The lowest BCUT2D eigenvalue weighted by Gasteiger charge is -2.28. The summed E-state index contributed by atoms with van der Waals surface area (Å²) in [6.45, 7) is 8.40. The monoisotopic (exact) mass is 237 g/mol. The lowest BCUT2D eigenvalue weighted by Crippen LogP contribution is -2.38. The molecule has 0 saturated heterocycles. The van der Waals surface area contributed by atoms with Crippen molar-refractivity contribution < 1.29 is 9.59 Å². The zero-order chi connectivity index (χ0) is 13.3. The van der Waals surface area contributed by atoms with Crippen molar-refractivity contribution >= 4 is 0 Å². The highest BCUT2D eigenvalue weighted by molar-refractivity contribution is 5.13. The molecule has 1 aromatic carbocycles. The second-order valence-electron chi connectivity index (χ2n) is 5.46. The minimum Gasteiger partial charge on any atom is -0.854 e. The van der Waals surface area contributed by atoms with Gasteiger partial charge in [0.25, 0.3) is 0 Å². The molecule has 0 saturated carbocycles. The number of benzene rings is 1. The fraction of sp³-hybridized carbons (Fsp3) is 0.600. The predicted octanol–water partition coefficient (Wildman–Crippen LogP) is 2.29. The van der Waals surface area contributed by atoms with Crippen molar-refractivity contribution in [3.8, 4) is 0 Å². The molecule has 0 aromatic heterocycles. The van der Waals surface area contributed by atoms with Gasteiger partial charge < -0.3 is 9.59 Å². The van der Waals surface area contributed by atoms with Crippen molar-refractivity contribution in [1.29, 1.82) is 0 Å². The molecule has 98 valence electrons. The summed E-state index contributed by atoms with van der Waals surface area (Å²) in [7, 11) is 4.51. The molecule has 0 aliphatic heterocycles. The van der Waals surface area contributed by atoms with E-state index in [9.17, 15) is 5.11 Å². The molecule has 0 radical (unpaired) electrons. The van der Waals surface area contributed by atoms with E-state index in [1.165, 1.54) is 12.1 Å². The summed E-state index contributed by atoms with van der Waals surface area (Å²) in [4.78, 5) is 0. The van der Waals surface area contributed by atoms with E-state index in [-0.39, 0.29) is 6.61 Å². The number of hydrogen-bond donors (Lipinski definition) is 0. The Balaban J connectivity index is 0.000000437. The van der Waals surface area contributed by atoms with E-state index in [0.717, 1.165) is 11.0 Å². The Morgan fingerprint density at radius 2 is 1.59 bits per heavy atom. The Bertz CT molecular complexity index is 280. The zero-order valence-electron chi connectivity index (χ0n) is 11.9. The van der Waals surface area contributed by atoms with E-state index in [1.54, 1.807) is 0 Å². The summed E-state index contributed by atoms with van der Waals surface area (Å²) < 4.78 is 1.06. The van der Waals surface area contributed by atoms with E-state index >= 15 is 0 Å². The van der Waals surface area contributed by atoms with Crippen LogP contribution < -0.4 is 5.11 Å². The summed E-state index contributed by atoms with van der Waals surface area (Å²) in [5.74, 6) is 0.329. The maximum Gasteiger partial charge on any atom is 0.104 e. The highest BCUT2D eigenvalue weighted by atomic mass is 16.3. The maximum absolute atomic E-state index is 9.63. The minimum absolute atomic E-state index is 0.0556. The third-order valence-corrected chi connectivity index (χ3v) is 2.64. The van der Waals surface area contributed by atoms with Crippen LogP contribution in [0, 0.1) is 5.92 Å². The summed E-state index contributed by atoms with van der Waals surface area (Å²) >= 11 is 0. The fourth-order valence-electron chi connectivity index (χ4n) is 1.19. The smallest absolute Gasteiger partial charge is 0.104 e.